The van der Waals surface area contributed by atoms with Crippen LogP contribution < -0.4 is 0 Å². The summed E-state index contributed by atoms with van der Waals surface area (Å²) in [4.78, 5) is 26.2. The molecule has 31 heavy (non-hydrogen) atoms. The first-order valence-electron chi connectivity index (χ1n) is 9.94. The van der Waals surface area contributed by atoms with Gasteiger partial charge in [-0.2, -0.15) is 13.2 Å². The molecule has 0 bridgehead atoms. The van der Waals surface area contributed by atoms with Crippen molar-refractivity contribution in [3.05, 3.63) is 29.3 Å². The molecule has 0 saturated carbocycles. The van der Waals surface area contributed by atoms with Crippen molar-refractivity contribution in [2.24, 2.45) is 5.92 Å². The molecule has 0 aliphatic carbocycles. The molecule has 0 spiro atoms. The van der Waals surface area contributed by atoms with E-state index in [0.717, 1.165) is 13.2 Å². The average Bonchev–Trinajstić information content (AvgIpc) is 2.99. The van der Waals surface area contributed by atoms with E-state index in [4.69, 9.17) is 9.47 Å². The third kappa shape index (κ3) is 4.50. The number of esters is 1. The van der Waals surface area contributed by atoms with E-state index in [-0.39, 0.29) is 23.5 Å². The van der Waals surface area contributed by atoms with Gasteiger partial charge >= 0.3 is 18.2 Å². The zero-order valence-corrected chi connectivity index (χ0v) is 18.6. The van der Waals surface area contributed by atoms with Gasteiger partial charge in [0, 0.05) is 18.0 Å². The van der Waals surface area contributed by atoms with Crippen molar-refractivity contribution in [3.63, 3.8) is 0 Å². The molecule has 6 nitrogen and oxygen atoms in total. The number of ether oxygens (including phenoxy) is 2. The lowest BCUT2D eigenvalue weighted by Crippen LogP contribution is -2.51. The summed E-state index contributed by atoms with van der Waals surface area (Å²) in [6.45, 7) is 5.79. The molecular formula is C21H26F3NO5S. The maximum absolute atomic E-state index is 13.6. The fourth-order valence-corrected chi connectivity index (χ4v) is 5.75. The highest BCUT2D eigenvalue weighted by molar-refractivity contribution is 8.01. The van der Waals surface area contributed by atoms with E-state index in [1.165, 1.54) is 17.0 Å². The second-order valence-electron chi connectivity index (χ2n) is 8.77. The Balaban J connectivity index is 1.91. The lowest BCUT2D eigenvalue weighted by molar-refractivity contribution is -0.149. The van der Waals surface area contributed by atoms with E-state index in [9.17, 15) is 27.9 Å². The van der Waals surface area contributed by atoms with Crippen molar-refractivity contribution in [1.29, 1.82) is 0 Å². The highest BCUT2D eigenvalue weighted by atomic mass is 32.2. The van der Waals surface area contributed by atoms with Gasteiger partial charge in [0.15, 0.2) is 0 Å². The molecule has 1 fully saturated rings. The Morgan fingerprint density at radius 2 is 1.81 bits per heavy atom. The predicted octanol–water partition coefficient (Wildman–Crippen LogP) is 4.19. The molecule has 0 aromatic heterocycles. The molecule has 1 saturated heterocycles. The number of likely N-dealkylation sites (tertiary alicyclic amines) is 1. The van der Waals surface area contributed by atoms with E-state index in [2.05, 4.69) is 0 Å². The lowest BCUT2D eigenvalue weighted by atomic mass is 9.73. The molecule has 0 radical (unpaired) electrons. The Labute approximate surface area is 183 Å². The Morgan fingerprint density at radius 1 is 1.19 bits per heavy atom. The van der Waals surface area contributed by atoms with Crippen LogP contribution in [0, 0.1) is 5.92 Å². The number of carbonyl (C=O) groups excluding carboxylic acids is 2. The van der Waals surface area contributed by atoms with Crippen LogP contribution in [0.1, 0.15) is 44.7 Å². The second-order valence-corrected chi connectivity index (χ2v) is 9.88. The minimum atomic E-state index is -4.62. The van der Waals surface area contributed by atoms with Gasteiger partial charge in [-0.05, 0) is 51.2 Å². The zero-order chi connectivity index (χ0) is 23.2. The molecular weight excluding hydrogens is 435 g/mol. The Bertz CT molecular complexity index is 862. The van der Waals surface area contributed by atoms with Crippen molar-refractivity contribution in [2.45, 2.75) is 61.1 Å². The van der Waals surface area contributed by atoms with Crippen molar-refractivity contribution in [3.8, 4) is 0 Å². The van der Waals surface area contributed by atoms with Gasteiger partial charge in [-0.1, -0.05) is 12.1 Å². The minimum Gasteiger partial charge on any atom is -0.468 e. The van der Waals surface area contributed by atoms with Crippen LogP contribution in [-0.4, -0.2) is 53.1 Å². The zero-order valence-electron chi connectivity index (χ0n) is 17.8. The summed E-state index contributed by atoms with van der Waals surface area (Å²) < 4.78 is 50.8. The predicted molar refractivity (Wildman–Crippen MR) is 108 cm³/mol. The van der Waals surface area contributed by atoms with Crippen LogP contribution in [-0.2, 0) is 26.0 Å². The maximum Gasteiger partial charge on any atom is 0.417 e. The van der Waals surface area contributed by atoms with Crippen LogP contribution in [0.25, 0.3) is 0 Å². The molecule has 10 heteroatoms. The van der Waals surface area contributed by atoms with Crippen LogP contribution in [0.15, 0.2) is 23.1 Å². The number of halogens is 3. The van der Waals surface area contributed by atoms with E-state index >= 15 is 0 Å². The van der Waals surface area contributed by atoms with Gasteiger partial charge in [-0.15, -0.1) is 11.8 Å². The molecule has 1 N–H and O–H groups in total. The average molecular weight is 462 g/mol. The summed E-state index contributed by atoms with van der Waals surface area (Å²) in [7, 11) is 1.14. The summed E-state index contributed by atoms with van der Waals surface area (Å²) in [6, 6.07) is 3.61. The van der Waals surface area contributed by atoms with Crippen LogP contribution in [0.2, 0.25) is 0 Å². The third-order valence-electron chi connectivity index (χ3n) is 5.57. The molecule has 0 unspecified atom stereocenters. The number of amides is 1. The number of alkyl halides is 3. The van der Waals surface area contributed by atoms with Gasteiger partial charge in [0.05, 0.1) is 12.7 Å². The molecule has 172 valence electrons. The van der Waals surface area contributed by atoms with Gasteiger partial charge in [0.1, 0.15) is 16.5 Å². The van der Waals surface area contributed by atoms with Gasteiger partial charge < -0.3 is 19.5 Å². The monoisotopic (exact) mass is 461 g/mol. The van der Waals surface area contributed by atoms with Crippen molar-refractivity contribution < 1.29 is 37.3 Å². The number of piperidine rings is 1. The largest absolute Gasteiger partial charge is 0.468 e. The fourth-order valence-electron chi connectivity index (χ4n) is 4.15. The number of hydrogen-bond acceptors (Lipinski definition) is 6. The third-order valence-corrected chi connectivity index (χ3v) is 7.03. The highest BCUT2D eigenvalue weighted by Gasteiger charge is 2.57. The van der Waals surface area contributed by atoms with Crippen LogP contribution in [0.4, 0.5) is 18.0 Å². The minimum absolute atomic E-state index is 0.0819. The summed E-state index contributed by atoms with van der Waals surface area (Å²) in [5, 5.41) is 10.5. The number of hydrogen-bond donors (Lipinski definition) is 1. The molecule has 1 aromatic carbocycles. The summed E-state index contributed by atoms with van der Waals surface area (Å²) in [5.74, 6) is -1.32. The van der Waals surface area contributed by atoms with Gasteiger partial charge in [0.2, 0.25) is 0 Å². The number of aliphatic hydroxyl groups is 1. The SMILES string of the molecule is COC(=O)[C@H]1Sc2c(C(F)(F)F)cccc2[C@]1(O)C1CCN(C(=O)OC(C)(C)C)CC1. The smallest absolute Gasteiger partial charge is 0.417 e. The first kappa shape index (κ1) is 23.7. The van der Waals surface area contributed by atoms with Gasteiger partial charge in [0.25, 0.3) is 0 Å². The van der Waals surface area contributed by atoms with Gasteiger partial charge in [-0.3, -0.25) is 4.79 Å². The number of thioether (sulfide) groups is 1. The topological polar surface area (TPSA) is 76.1 Å². The number of carbonyl (C=O) groups is 2. The van der Waals surface area contributed by atoms with Crippen molar-refractivity contribution in [2.75, 3.05) is 20.2 Å². The number of rotatable bonds is 2. The normalized spacial score (nSPS) is 24.6. The number of fused-ring (bicyclic) bond motifs is 1. The van der Waals surface area contributed by atoms with Crippen LogP contribution in [0.3, 0.4) is 0 Å². The maximum atomic E-state index is 13.6. The molecule has 2 aliphatic rings. The van der Waals surface area contributed by atoms with Crippen molar-refractivity contribution in [1.82, 2.24) is 4.90 Å². The number of nitrogens with zero attached hydrogens (tertiary/aromatic N) is 1. The summed E-state index contributed by atoms with van der Waals surface area (Å²) in [6.07, 6.45) is -4.49. The molecule has 1 amide bonds. The summed E-state index contributed by atoms with van der Waals surface area (Å²) >= 11 is 0.688. The highest BCUT2D eigenvalue weighted by Crippen LogP contribution is 2.57. The number of benzene rings is 1. The molecule has 3 rings (SSSR count). The molecule has 2 heterocycles. The Kier molecular flexibility index (Phi) is 6.27. The van der Waals surface area contributed by atoms with E-state index in [0.29, 0.717) is 24.6 Å². The fraction of sp³-hybridized carbons (Fsp3) is 0.619. The standard InChI is InChI=1S/C21H26F3NO5S/c1-19(2,3)30-18(27)25-10-8-12(9-11-25)20(28)13-6-5-7-14(21(22,23)24)15(13)31-16(20)17(26)29-4/h5-7,12,16,28H,8-11H2,1-4H3/t16-,20-/m1/s1. The Hall–Kier alpha value is -1.94. The quantitative estimate of drug-likeness (QED) is 0.666. The first-order valence-corrected chi connectivity index (χ1v) is 10.8. The number of methoxy groups -OCH3 is 1. The molecule has 2 aliphatic heterocycles. The van der Waals surface area contributed by atoms with Crippen molar-refractivity contribution >= 4 is 23.8 Å². The van der Waals surface area contributed by atoms with Crippen LogP contribution >= 0.6 is 11.8 Å². The molecule has 2 atom stereocenters. The molecule has 1 aromatic rings. The van der Waals surface area contributed by atoms with E-state index < -0.39 is 46.2 Å². The van der Waals surface area contributed by atoms with Gasteiger partial charge in [-0.25, -0.2) is 4.79 Å². The summed E-state index contributed by atoms with van der Waals surface area (Å²) in [5.41, 5.74) is -3.30. The van der Waals surface area contributed by atoms with E-state index in [1.54, 1.807) is 20.8 Å². The van der Waals surface area contributed by atoms with Crippen LogP contribution in [0.5, 0.6) is 0 Å². The second kappa shape index (κ2) is 8.20. The lowest BCUT2D eigenvalue weighted by Gasteiger charge is -2.42. The Morgan fingerprint density at radius 3 is 2.32 bits per heavy atom. The first-order chi connectivity index (χ1) is 14.3. The van der Waals surface area contributed by atoms with E-state index in [1.807, 2.05) is 0 Å².